The Morgan fingerprint density at radius 1 is 1.44 bits per heavy atom. The number of hydrogen-bond donors (Lipinski definition) is 2. The van der Waals surface area contributed by atoms with E-state index >= 15 is 0 Å². The lowest BCUT2D eigenvalue weighted by atomic mass is 10.3. The van der Waals surface area contributed by atoms with E-state index in [0.29, 0.717) is 6.54 Å². The van der Waals surface area contributed by atoms with Crippen LogP contribution in [0, 0.1) is 0 Å². The lowest BCUT2D eigenvalue weighted by molar-refractivity contribution is 0.473. The first kappa shape index (κ1) is 13.3. The molecular formula is C10H15NO3S2. The maximum atomic E-state index is 11.7. The number of hydrogen-bond acceptors (Lipinski definition) is 4. The summed E-state index contributed by atoms with van der Waals surface area (Å²) >= 11 is 1.68. The number of rotatable bonds is 6. The SMILES string of the molecule is CSCCCNS(=O)(=O)c1cccc(O)c1. The molecule has 1 aromatic rings. The summed E-state index contributed by atoms with van der Waals surface area (Å²) in [6.45, 7) is 0.416. The van der Waals surface area contributed by atoms with Crippen LogP contribution < -0.4 is 4.72 Å². The van der Waals surface area contributed by atoms with E-state index in [-0.39, 0.29) is 10.6 Å². The summed E-state index contributed by atoms with van der Waals surface area (Å²) in [6.07, 6.45) is 2.77. The van der Waals surface area contributed by atoms with Crippen LogP contribution in [0.2, 0.25) is 0 Å². The highest BCUT2D eigenvalue weighted by atomic mass is 32.2. The van der Waals surface area contributed by atoms with Crippen molar-refractivity contribution >= 4 is 21.8 Å². The van der Waals surface area contributed by atoms with Crippen LogP contribution in [-0.4, -0.2) is 32.1 Å². The third kappa shape index (κ3) is 4.03. The van der Waals surface area contributed by atoms with Crippen molar-refractivity contribution in [1.82, 2.24) is 4.72 Å². The minimum absolute atomic E-state index is 0.0491. The van der Waals surface area contributed by atoms with Gasteiger partial charge in [0.2, 0.25) is 10.0 Å². The fourth-order valence-electron chi connectivity index (χ4n) is 1.16. The zero-order valence-corrected chi connectivity index (χ0v) is 10.6. The van der Waals surface area contributed by atoms with Gasteiger partial charge in [-0.15, -0.1) is 0 Å². The standard InChI is InChI=1S/C10H15NO3S2/c1-15-7-3-6-11-16(13,14)10-5-2-4-9(12)8-10/h2,4-5,8,11-12H,3,6-7H2,1H3. The Morgan fingerprint density at radius 2 is 2.19 bits per heavy atom. The summed E-state index contributed by atoms with van der Waals surface area (Å²) in [4.78, 5) is 0.0941. The van der Waals surface area contributed by atoms with Gasteiger partial charge in [-0.3, -0.25) is 0 Å². The van der Waals surface area contributed by atoms with Crippen LogP contribution in [0.5, 0.6) is 5.75 Å². The van der Waals surface area contributed by atoms with Crippen LogP contribution in [0.25, 0.3) is 0 Å². The number of benzene rings is 1. The molecule has 2 N–H and O–H groups in total. The van der Waals surface area contributed by atoms with E-state index in [2.05, 4.69) is 4.72 Å². The molecule has 0 bridgehead atoms. The number of nitrogens with one attached hydrogen (secondary N) is 1. The van der Waals surface area contributed by atoms with Crippen molar-refractivity contribution in [1.29, 1.82) is 0 Å². The smallest absolute Gasteiger partial charge is 0.240 e. The highest BCUT2D eigenvalue weighted by molar-refractivity contribution is 7.98. The first-order chi connectivity index (χ1) is 7.56. The van der Waals surface area contributed by atoms with Crippen molar-refractivity contribution in [3.05, 3.63) is 24.3 Å². The summed E-state index contributed by atoms with van der Waals surface area (Å²) in [5, 5.41) is 9.19. The molecule has 1 aromatic carbocycles. The number of phenolic OH excluding ortho intramolecular Hbond substituents is 1. The Bertz CT molecular complexity index is 431. The molecule has 0 heterocycles. The van der Waals surface area contributed by atoms with Gasteiger partial charge in [0, 0.05) is 6.54 Å². The Balaban J connectivity index is 2.64. The Morgan fingerprint density at radius 3 is 2.81 bits per heavy atom. The summed E-state index contributed by atoms with van der Waals surface area (Å²) < 4.78 is 25.9. The summed E-state index contributed by atoms with van der Waals surface area (Å²) in [5.74, 6) is 0.870. The molecule has 0 aliphatic carbocycles. The second kappa shape index (κ2) is 6.12. The molecule has 0 aromatic heterocycles. The molecule has 90 valence electrons. The second-order valence-electron chi connectivity index (χ2n) is 3.24. The predicted molar refractivity (Wildman–Crippen MR) is 66.3 cm³/mol. The first-order valence-corrected chi connectivity index (χ1v) is 7.71. The van der Waals surface area contributed by atoms with E-state index in [1.165, 1.54) is 24.3 Å². The lowest BCUT2D eigenvalue weighted by Crippen LogP contribution is -2.25. The van der Waals surface area contributed by atoms with E-state index < -0.39 is 10.0 Å². The highest BCUT2D eigenvalue weighted by Crippen LogP contribution is 2.15. The van der Waals surface area contributed by atoms with Gasteiger partial charge in [-0.1, -0.05) is 6.07 Å². The third-order valence-electron chi connectivity index (χ3n) is 1.95. The highest BCUT2D eigenvalue weighted by Gasteiger charge is 2.13. The molecule has 0 spiro atoms. The molecule has 0 unspecified atom stereocenters. The van der Waals surface area contributed by atoms with Gasteiger partial charge in [0.25, 0.3) is 0 Å². The molecule has 0 radical (unpaired) electrons. The van der Waals surface area contributed by atoms with E-state index in [1.807, 2.05) is 6.26 Å². The summed E-state index contributed by atoms with van der Waals surface area (Å²) in [7, 11) is -3.48. The van der Waals surface area contributed by atoms with Crippen LogP contribution in [-0.2, 0) is 10.0 Å². The second-order valence-corrected chi connectivity index (χ2v) is 5.99. The lowest BCUT2D eigenvalue weighted by Gasteiger charge is -2.06. The van der Waals surface area contributed by atoms with Crippen LogP contribution in [0.1, 0.15) is 6.42 Å². The van der Waals surface area contributed by atoms with Gasteiger partial charge >= 0.3 is 0 Å². The molecular weight excluding hydrogens is 246 g/mol. The molecule has 0 saturated heterocycles. The Kier molecular flexibility index (Phi) is 5.11. The van der Waals surface area contributed by atoms with Crippen LogP contribution >= 0.6 is 11.8 Å². The van der Waals surface area contributed by atoms with Gasteiger partial charge in [-0.25, -0.2) is 13.1 Å². The maximum absolute atomic E-state index is 11.7. The van der Waals surface area contributed by atoms with Crippen molar-refractivity contribution in [3.63, 3.8) is 0 Å². The van der Waals surface area contributed by atoms with Crippen LogP contribution in [0.4, 0.5) is 0 Å². The van der Waals surface area contributed by atoms with Gasteiger partial charge in [0.1, 0.15) is 5.75 Å². The Labute approximate surface area is 100 Å². The Hall–Kier alpha value is -0.720. The average Bonchev–Trinajstić information content (AvgIpc) is 2.24. The van der Waals surface area contributed by atoms with E-state index in [0.717, 1.165) is 12.2 Å². The number of aromatic hydroxyl groups is 1. The molecule has 4 nitrogen and oxygen atoms in total. The molecule has 0 saturated carbocycles. The fraction of sp³-hybridized carbons (Fsp3) is 0.400. The topological polar surface area (TPSA) is 66.4 Å². The minimum Gasteiger partial charge on any atom is -0.508 e. The number of thioether (sulfide) groups is 1. The molecule has 0 aliphatic rings. The third-order valence-corrected chi connectivity index (χ3v) is 4.10. The normalized spacial score (nSPS) is 11.6. The van der Waals surface area contributed by atoms with Crippen LogP contribution in [0.3, 0.4) is 0 Å². The maximum Gasteiger partial charge on any atom is 0.240 e. The van der Waals surface area contributed by atoms with Crippen molar-refractivity contribution in [3.8, 4) is 5.75 Å². The van der Waals surface area contributed by atoms with E-state index in [1.54, 1.807) is 11.8 Å². The molecule has 0 atom stereocenters. The number of phenols is 1. The van der Waals surface area contributed by atoms with Gasteiger partial charge in [-0.05, 0) is 36.6 Å². The molecule has 1 rings (SSSR count). The first-order valence-electron chi connectivity index (χ1n) is 4.84. The average molecular weight is 261 g/mol. The van der Waals surface area contributed by atoms with Gasteiger partial charge < -0.3 is 5.11 Å². The van der Waals surface area contributed by atoms with Crippen molar-refractivity contribution in [2.24, 2.45) is 0 Å². The van der Waals surface area contributed by atoms with Crippen LogP contribution in [0.15, 0.2) is 29.2 Å². The van der Waals surface area contributed by atoms with Crippen molar-refractivity contribution < 1.29 is 13.5 Å². The summed E-state index contributed by atoms with van der Waals surface area (Å²) in [5.41, 5.74) is 0. The largest absolute Gasteiger partial charge is 0.508 e. The molecule has 0 amide bonds. The molecule has 6 heteroatoms. The monoisotopic (exact) mass is 261 g/mol. The quantitative estimate of drug-likeness (QED) is 0.760. The summed E-state index contributed by atoms with van der Waals surface area (Å²) in [6, 6.07) is 5.63. The molecule has 16 heavy (non-hydrogen) atoms. The molecule has 0 aliphatic heterocycles. The van der Waals surface area contributed by atoms with E-state index in [9.17, 15) is 13.5 Å². The van der Waals surface area contributed by atoms with E-state index in [4.69, 9.17) is 0 Å². The van der Waals surface area contributed by atoms with Gasteiger partial charge in [0.15, 0.2) is 0 Å². The van der Waals surface area contributed by atoms with Gasteiger partial charge in [-0.2, -0.15) is 11.8 Å². The fourth-order valence-corrected chi connectivity index (χ4v) is 2.70. The van der Waals surface area contributed by atoms with Crippen molar-refractivity contribution in [2.45, 2.75) is 11.3 Å². The minimum atomic E-state index is -3.48. The molecule has 0 fully saturated rings. The zero-order valence-electron chi connectivity index (χ0n) is 9.01. The van der Waals surface area contributed by atoms with Gasteiger partial charge in [0.05, 0.1) is 4.90 Å². The number of sulfonamides is 1. The van der Waals surface area contributed by atoms with Crippen molar-refractivity contribution in [2.75, 3.05) is 18.6 Å². The predicted octanol–water partition coefficient (Wildman–Crippen LogP) is 1.42. The zero-order chi connectivity index (χ0) is 12.0.